The van der Waals surface area contributed by atoms with E-state index in [2.05, 4.69) is 15.3 Å². The molecule has 9 nitrogen and oxygen atoms in total. The van der Waals surface area contributed by atoms with E-state index in [-0.39, 0.29) is 22.9 Å². The van der Waals surface area contributed by atoms with Crippen molar-refractivity contribution in [3.05, 3.63) is 58.7 Å². The van der Waals surface area contributed by atoms with Crippen molar-refractivity contribution in [2.45, 2.75) is 37.0 Å². The van der Waals surface area contributed by atoms with E-state index in [0.29, 0.717) is 30.4 Å². The van der Waals surface area contributed by atoms with Gasteiger partial charge in [-0.15, -0.1) is 0 Å². The van der Waals surface area contributed by atoms with E-state index < -0.39 is 32.5 Å². The summed E-state index contributed by atoms with van der Waals surface area (Å²) in [5.74, 6) is -1.36. The number of nitrogens with two attached hydrogens (primary N) is 1. The third-order valence-electron chi connectivity index (χ3n) is 6.05. The van der Waals surface area contributed by atoms with Gasteiger partial charge in [-0.25, -0.2) is 27.1 Å². The predicted molar refractivity (Wildman–Crippen MR) is 116 cm³/mol. The highest BCUT2D eigenvalue weighted by atomic mass is 32.2. The number of fused-ring (bicyclic) bond motifs is 1. The fourth-order valence-corrected chi connectivity index (χ4v) is 6.38. The molecule has 0 bridgehead atoms. The molecule has 32 heavy (non-hydrogen) atoms. The van der Waals surface area contributed by atoms with Crippen LogP contribution in [0.3, 0.4) is 0 Å². The number of rotatable bonds is 3. The lowest BCUT2D eigenvalue weighted by Crippen LogP contribution is -2.55. The third-order valence-corrected chi connectivity index (χ3v) is 8.34. The molecule has 1 saturated carbocycles. The Bertz CT molecular complexity index is 1300. The van der Waals surface area contributed by atoms with Crippen LogP contribution in [0.15, 0.2) is 35.5 Å². The number of nitriles is 1. The maximum atomic E-state index is 15.0. The van der Waals surface area contributed by atoms with Crippen molar-refractivity contribution in [2.75, 3.05) is 12.4 Å². The zero-order valence-corrected chi connectivity index (χ0v) is 18.3. The van der Waals surface area contributed by atoms with Crippen molar-refractivity contribution in [3.63, 3.8) is 0 Å². The first-order valence-corrected chi connectivity index (χ1v) is 11.4. The normalized spacial score (nSPS) is 23.8. The molecule has 1 amide bonds. The topological polar surface area (TPSA) is 142 Å². The molecule has 2 atom stereocenters. The average molecular weight is 457 g/mol. The van der Waals surface area contributed by atoms with Crippen molar-refractivity contribution in [1.82, 2.24) is 9.29 Å². The number of sulfonamides is 1. The molecule has 1 aliphatic heterocycles. The van der Waals surface area contributed by atoms with E-state index in [1.807, 2.05) is 6.07 Å². The zero-order valence-electron chi connectivity index (χ0n) is 17.5. The van der Waals surface area contributed by atoms with Crippen molar-refractivity contribution in [2.24, 2.45) is 10.7 Å². The Morgan fingerprint density at radius 2 is 2.16 bits per heavy atom. The number of hydrogen-bond acceptors (Lipinski definition) is 7. The molecule has 2 heterocycles. The van der Waals surface area contributed by atoms with Gasteiger partial charge in [0.05, 0.1) is 5.56 Å². The van der Waals surface area contributed by atoms with E-state index in [0.717, 1.165) is 4.31 Å². The number of aryl methyl sites for hydroxylation is 1. The van der Waals surface area contributed by atoms with Crippen LogP contribution in [0.1, 0.15) is 46.4 Å². The van der Waals surface area contributed by atoms with Crippen LogP contribution in [0.5, 0.6) is 0 Å². The highest BCUT2D eigenvalue weighted by molar-refractivity contribution is 7.90. The summed E-state index contributed by atoms with van der Waals surface area (Å²) in [5.41, 5.74) is 5.83. The van der Waals surface area contributed by atoms with Gasteiger partial charge in [-0.2, -0.15) is 5.26 Å². The molecule has 0 radical (unpaired) electrons. The number of carbonyl (C=O) groups is 1. The first-order valence-electron chi connectivity index (χ1n) is 9.91. The largest absolute Gasteiger partial charge is 0.369 e. The molecule has 1 aromatic heterocycles. The molecule has 0 unspecified atom stereocenters. The van der Waals surface area contributed by atoms with Gasteiger partial charge in [-0.05, 0) is 56.0 Å². The van der Waals surface area contributed by atoms with Crippen LogP contribution in [-0.2, 0) is 15.6 Å². The van der Waals surface area contributed by atoms with E-state index in [4.69, 9.17) is 11.0 Å². The summed E-state index contributed by atoms with van der Waals surface area (Å²) in [6.07, 6.45) is 2.48. The fraction of sp³-hybridized carbons (Fsp3) is 0.333. The standard InChI is InChI=1S/C21H21FN6O3S/c1-12-8-13(10-23)11-25-18(12)19(29)26-14-5-6-16(22)15(9-14)21-7-3-4-17(21)32(30,31)28(2)20(24)27-21/h5-6,8-9,11,17H,3-4,7H2,1-2H3,(H2,24,27)(H,26,29)/t17-,21-/m1/s1. The molecular weight excluding hydrogens is 435 g/mol. The molecular formula is C21H21FN6O3S. The Hall–Kier alpha value is -3.52. The molecule has 0 spiro atoms. The number of carbonyl (C=O) groups excluding carboxylic acids is 1. The number of hydrogen-bond donors (Lipinski definition) is 2. The molecule has 11 heteroatoms. The van der Waals surface area contributed by atoms with Gasteiger partial charge in [0.25, 0.3) is 5.91 Å². The first kappa shape index (κ1) is 21.7. The van der Waals surface area contributed by atoms with Gasteiger partial charge in [0.15, 0.2) is 0 Å². The van der Waals surface area contributed by atoms with Gasteiger partial charge in [0.1, 0.15) is 28.4 Å². The van der Waals surface area contributed by atoms with Gasteiger partial charge < -0.3 is 11.1 Å². The van der Waals surface area contributed by atoms with Crippen LogP contribution >= 0.6 is 0 Å². The summed E-state index contributed by atoms with van der Waals surface area (Å²) in [6.45, 7) is 1.65. The van der Waals surface area contributed by atoms with Gasteiger partial charge >= 0.3 is 0 Å². The Morgan fingerprint density at radius 3 is 2.84 bits per heavy atom. The molecule has 0 saturated heterocycles. The lowest BCUT2D eigenvalue weighted by atomic mass is 9.87. The third kappa shape index (κ3) is 3.27. The highest BCUT2D eigenvalue weighted by Crippen LogP contribution is 2.49. The summed E-state index contributed by atoms with van der Waals surface area (Å²) in [5, 5.41) is 10.7. The van der Waals surface area contributed by atoms with E-state index in [1.54, 1.807) is 13.0 Å². The van der Waals surface area contributed by atoms with Gasteiger partial charge in [0.2, 0.25) is 16.0 Å². The first-order chi connectivity index (χ1) is 15.1. The van der Waals surface area contributed by atoms with Crippen molar-refractivity contribution >= 4 is 27.6 Å². The average Bonchev–Trinajstić information content (AvgIpc) is 3.19. The van der Waals surface area contributed by atoms with Gasteiger partial charge in [-0.1, -0.05) is 0 Å². The quantitative estimate of drug-likeness (QED) is 0.723. The number of amides is 1. The Kier molecular flexibility index (Phi) is 5.13. The van der Waals surface area contributed by atoms with Crippen LogP contribution in [-0.4, -0.2) is 41.9 Å². The lowest BCUT2D eigenvalue weighted by molar-refractivity contribution is 0.102. The minimum Gasteiger partial charge on any atom is -0.369 e. The number of benzene rings is 1. The SMILES string of the molecule is Cc1cc(C#N)cnc1C(=O)Nc1ccc(F)c([C@]23CCC[C@H]2S(=O)(=O)N(C)C(N)=N3)c1. The molecule has 166 valence electrons. The molecule has 4 rings (SSSR count). The second-order valence-corrected chi connectivity index (χ2v) is 10.1. The molecule has 3 N–H and O–H groups in total. The molecule has 1 fully saturated rings. The van der Waals surface area contributed by atoms with Crippen molar-refractivity contribution in [1.29, 1.82) is 5.26 Å². The van der Waals surface area contributed by atoms with Gasteiger partial charge in [-0.3, -0.25) is 4.79 Å². The molecule has 2 aromatic rings. The van der Waals surface area contributed by atoms with Gasteiger partial charge in [0, 0.05) is 24.5 Å². The van der Waals surface area contributed by atoms with Crippen molar-refractivity contribution < 1.29 is 17.6 Å². The van der Waals surface area contributed by atoms with Crippen molar-refractivity contribution in [3.8, 4) is 6.07 Å². The summed E-state index contributed by atoms with van der Waals surface area (Å²) >= 11 is 0. The molecule has 2 aliphatic rings. The second-order valence-electron chi connectivity index (χ2n) is 7.94. The van der Waals surface area contributed by atoms with E-state index in [9.17, 15) is 17.6 Å². The number of anilines is 1. The summed E-state index contributed by atoms with van der Waals surface area (Å²) in [6, 6.07) is 7.46. The zero-order chi connectivity index (χ0) is 23.3. The Morgan fingerprint density at radius 1 is 1.41 bits per heavy atom. The number of nitrogens with one attached hydrogen (secondary N) is 1. The number of aliphatic imine (C=N–C) groups is 1. The number of guanidine groups is 1. The predicted octanol–water partition coefficient (Wildman–Crippen LogP) is 1.99. The van der Waals surface area contributed by atoms with Crippen LogP contribution in [0.25, 0.3) is 0 Å². The molecule has 1 aliphatic carbocycles. The van der Waals surface area contributed by atoms with Crippen LogP contribution in [0, 0.1) is 24.1 Å². The van der Waals surface area contributed by atoms with Crippen LogP contribution in [0.2, 0.25) is 0 Å². The Balaban J connectivity index is 1.74. The number of pyridine rings is 1. The lowest BCUT2D eigenvalue weighted by Gasteiger charge is -2.39. The molecule has 1 aromatic carbocycles. The fourth-order valence-electron chi connectivity index (χ4n) is 4.44. The monoisotopic (exact) mass is 456 g/mol. The minimum atomic E-state index is -3.82. The maximum absolute atomic E-state index is 15.0. The highest BCUT2D eigenvalue weighted by Gasteiger charge is 2.56. The van der Waals surface area contributed by atoms with E-state index in [1.165, 1.54) is 31.4 Å². The summed E-state index contributed by atoms with van der Waals surface area (Å²) < 4.78 is 41.9. The van der Waals surface area contributed by atoms with Crippen LogP contribution in [0.4, 0.5) is 10.1 Å². The Labute approximate surface area is 184 Å². The summed E-state index contributed by atoms with van der Waals surface area (Å²) in [7, 11) is -2.49. The number of nitrogens with zero attached hydrogens (tertiary/aromatic N) is 4. The van der Waals surface area contributed by atoms with E-state index >= 15 is 0 Å². The second kappa shape index (κ2) is 7.56. The smallest absolute Gasteiger partial charge is 0.274 e. The number of aromatic nitrogens is 1. The number of halogens is 1. The summed E-state index contributed by atoms with van der Waals surface area (Å²) in [4.78, 5) is 21.2. The maximum Gasteiger partial charge on any atom is 0.274 e. The minimum absolute atomic E-state index is 0.0712. The van der Waals surface area contributed by atoms with Crippen LogP contribution < -0.4 is 11.1 Å².